The third-order valence-electron chi connectivity index (χ3n) is 6.08. The second-order valence-corrected chi connectivity index (χ2v) is 11.8. The molecule has 0 unspecified atom stereocenters. The third-order valence-corrected chi connectivity index (χ3v) is 10.6. The van der Waals surface area contributed by atoms with Gasteiger partial charge in [-0.2, -0.15) is 0 Å². The van der Waals surface area contributed by atoms with Crippen molar-refractivity contribution in [3.8, 4) is 0 Å². The molecule has 0 atom stereocenters. The number of benzene rings is 3. The molecule has 1 nitrogen and oxygen atoms in total. The molecule has 0 aliphatic heterocycles. The highest BCUT2D eigenvalue weighted by atomic mass is 35.5. The van der Waals surface area contributed by atoms with E-state index in [-0.39, 0.29) is 24.8 Å². The molecule has 0 fully saturated rings. The van der Waals surface area contributed by atoms with Crippen LogP contribution < -0.4 is 46.5 Å². The molecule has 0 radical (unpaired) electrons. The second-order valence-electron chi connectivity index (χ2n) is 8.22. The first-order valence-corrected chi connectivity index (χ1v) is 13.7. The number of halogens is 2. The first kappa shape index (κ1) is 28.7. The summed E-state index contributed by atoms with van der Waals surface area (Å²) in [6.45, 7) is 1.09. The van der Waals surface area contributed by atoms with Crippen LogP contribution in [-0.4, -0.2) is 12.7 Å². The number of quaternary nitrogens is 1. The Morgan fingerprint density at radius 3 is 1.09 bits per heavy atom. The van der Waals surface area contributed by atoms with Crippen molar-refractivity contribution in [1.82, 2.24) is 0 Å². The van der Waals surface area contributed by atoms with Crippen LogP contribution in [-0.2, 0) is 0 Å². The minimum absolute atomic E-state index is 0. The Morgan fingerprint density at radius 2 is 0.750 bits per heavy atom. The van der Waals surface area contributed by atoms with Crippen LogP contribution in [0, 0.1) is 0 Å². The normalized spacial score (nSPS) is 10.8. The molecule has 0 spiro atoms. The van der Waals surface area contributed by atoms with Gasteiger partial charge in [0, 0.05) is 0 Å². The average Bonchev–Trinajstić information content (AvgIpc) is 2.82. The van der Waals surface area contributed by atoms with Crippen LogP contribution in [0.25, 0.3) is 0 Å². The van der Waals surface area contributed by atoms with Gasteiger partial charge in [0.05, 0.1) is 12.7 Å². The standard InChI is InChI=1S/C28H37NP.2ClH/c29-24-16-5-3-1-2-4-6-17-25-30(26-18-10-7-11-19-26,27-20-12-8-13-21-27)28-22-14-9-15-23-28;;/h7-15,18-23H,1-6,16-17,24-25,29H2;2*1H/q+1;;/p-1. The summed E-state index contributed by atoms with van der Waals surface area (Å²) >= 11 is 0. The molecule has 0 aliphatic rings. The van der Waals surface area contributed by atoms with Crippen molar-refractivity contribution in [3.63, 3.8) is 0 Å². The highest BCUT2D eigenvalue weighted by Crippen LogP contribution is 2.55. The van der Waals surface area contributed by atoms with Gasteiger partial charge >= 0.3 is 0 Å². The number of unbranched alkanes of at least 4 members (excludes halogenated alkanes) is 7. The van der Waals surface area contributed by atoms with Crippen molar-refractivity contribution in [2.24, 2.45) is 0 Å². The number of hydrogen-bond acceptors (Lipinski definition) is 0. The molecule has 32 heavy (non-hydrogen) atoms. The first-order chi connectivity index (χ1) is 14.9. The molecule has 0 saturated heterocycles. The van der Waals surface area contributed by atoms with E-state index in [1.54, 1.807) is 0 Å². The van der Waals surface area contributed by atoms with Crippen LogP contribution in [0.4, 0.5) is 0 Å². The smallest absolute Gasteiger partial charge is 0.112 e. The van der Waals surface area contributed by atoms with Gasteiger partial charge in [-0.25, -0.2) is 0 Å². The SMILES string of the molecule is [Cl-].[Cl-].[NH3+]CCCCCCCCCC[P+](c1ccccc1)(c1ccccc1)c1ccccc1. The fraction of sp³-hybridized carbons (Fsp3) is 0.357. The van der Waals surface area contributed by atoms with Crippen LogP contribution in [0.3, 0.4) is 0 Å². The van der Waals surface area contributed by atoms with Gasteiger partial charge in [0.2, 0.25) is 0 Å². The van der Waals surface area contributed by atoms with E-state index in [1.807, 2.05) is 0 Å². The predicted molar refractivity (Wildman–Crippen MR) is 135 cm³/mol. The van der Waals surface area contributed by atoms with E-state index in [0.29, 0.717) is 0 Å². The third kappa shape index (κ3) is 7.89. The van der Waals surface area contributed by atoms with Crippen molar-refractivity contribution < 1.29 is 30.5 Å². The zero-order chi connectivity index (χ0) is 20.9. The maximum Gasteiger partial charge on any atom is 0.112 e. The zero-order valence-corrected chi connectivity index (χ0v) is 21.5. The summed E-state index contributed by atoms with van der Waals surface area (Å²) in [6, 6.07) is 33.8. The number of rotatable bonds is 13. The zero-order valence-electron chi connectivity index (χ0n) is 19.1. The van der Waals surface area contributed by atoms with Gasteiger partial charge in [-0.1, -0.05) is 80.3 Å². The van der Waals surface area contributed by atoms with Gasteiger partial charge in [0.15, 0.2) is 0 Å². The van der Waals surface area contributed by atoms with Crippen LogP contribution >= 0.6 is 7.26 Å². The van der Waals surface area contributed by atoms with Gasteiger partial charge in [-0.05, 0) is 62.1 Å². The number of hydrogen-bond donors (Lipinski definition) is 1. The fourth-order valence-corrected chi connectivity index (χ4v) is 8.88. The summed E-state index contributed by atoms with van der Waals surface area (Å²) < 4.78 is 0. The summed E-state index contributed by atoms with van der Waals surface area (Å²) in [5.41, 5.74) is 3.94. The van der Waals surface area contributed by atoms with Gasteiger partial charge in [0.25, 0.3) is 0 Å². The van der Waals surface area contributed by atoms with E-state index in [4.69, 9.17) is 0 Å². The molecule has 174 valence electrons. The van der Waals surface area contributed by atoms with Gasteiger partial charge in [-0.15, -0.1) is 0 Å². The fourth-order valence-electron chi connectivity index (χ4n) is 4.47. The quantitative estimate of drug-likeness (QED) is 0.244. The van der Waals surface area contributed by atoms with Crippen LogP contribution in [0.15, 0.2) is 91.0 Å². The lowest BCUT2D eigenvalue weighted by Crippen LogP contribution is -3.00. The topological polar surface area (TPSA) is 27.6 Å². The van der Waals surface area contributed by atoms with Gasteiger partial charge < -0.3 is 30.5 Å². The molecule has 3 rings (SSSR count). The largest absolute Gasteiger partial charge is 1.00 e. The van der Waals surface area contributed by atoms with E-state index >= 15 is 0 Å². The van der Waals surface area contributed by atoms with Gasteiger partial charge in [0.1, 0.15) is 23.2 Å². The van der Waals surface area contributed by atoms with E-state index < -0.39 is 7.26 Å². The Bertz CT molecular complexity index is 731. The van der Waals surface area contributed by atoms with Crippen LogP contribution in [0.2, 0.25) is 0 Å². The van der Waals surface area contributed by atoms with Crippen LogP contribution in [0.5, 0.6) is 0 Å². The average molecular weight is 490 g/mol. The maximum absolute atomic E-state index is 3.94. The van der Waals surface area contributed by atoms with E-state index in [9.17, 15) is 0 Å². The first-order valence-electron chi connectivity index (χ1n) is 11.7. The van der Waals surface area contributed by atoms with Crippen molar-refractivity contribution in [2.75, 3.05) is 12.7 Å². The Hall–Kier alpha value is -1.37. The maximum atomic E-state index is 3.94. The minimum Gasteiger partial charge on any atom is -1.00 e. The molecular weight excluding hydrogens is 452 g/mol. The lowest BCUT2D eigenvalue weighted by molar-refractivity contribution is -0.368. The molecule has 0 aliphatic carbocycles. The molecular formula is C28H38Cl2NP. The summed E-state index contributed by atoms with van der Waals surface area (Å²) in [4.78, 5) is 0. The Morgan fingerprint density at radius 1 is 0.438 bits per heavy atom. The van der Waals surface area contributed by atoms with Crippen molar-refractivity contribution in [2.45, 2.75) is 51.4 Å². The lowest BCUT2D eigenvalue weighted by Gasteiger charge is -2.27. The summed E-state index contributed by atoms with van der Waals surface area (Å²) in [7, 11) is -1.63. The molecule has 3 aromatic rings. The highest BCUT2D eigenvalue weighted by molar-refractivity contribution is 7.95. The molecule has 0 amide bonds. The second kappa shape index (κ2) is 16.3. The van der Waals surface area contributed by atoms with Crippen LogP contribution in [0.1, 0.15) is 51.4 Å². The molecule has 3 aromatic carbocycles. The Balaban J connectivity index is 0.00000256. The Labute approximate surface area is 208 Å². The summed E-state index contributed by atoms with van der Waals surface area (Å²) in [5.74, 6) is 0. The van der Waals surface area contributed by atoms with E-state index in [2.05, 4.69) is 96.7 Å². The predicted octanol–water partition coefficient (Wildman–Crippen LogP) is -0.649. The van der Waals surface area contributed by atoms with Gasteiger partial charge in [-0.3, -0.25) is 0 Å². The molecule has 4 heteroatoms. The van der Waals surface area contributed by atoms with Crippen molar-refractivity contribution in [3.05, 3.63) is 91.0 Å². The summed E-state index contributed by atoms with van der Waals surface area (Å²) in [5, 5.41) is 4.53. The molecule has 0 saturated carbocycles. The van der Waals surface area contributed by atoms with E-state index in [0.717, 1.165) is 6.54 Å². The molecule has 0 bridgehead atoms. The van der Waals surface area contributed by atoms with Crippen molar-refractivity contribution in [1.29, 1.82) is 0 Å². The Kier molecular flexibility index (Phi) is 14.6. The molecule has 0 aromatic heterocycles. The monoisotopic (exact) mass is 489 g/mol. The molecule has 0 heterocycles. The lowest BCUT2D eigenvalue weighted by atomic mass is 10.1. The van der Waals surface area contributed by atoms with E-state index in [1.165, 1.54) is 73.4 Å². The molecule has 3 N–H and O–H groups in total. The minimum atomic E-state index is -1.63. The highest BCUT2D eigenvalue weighted by Gasteiger charge is 2.44. The van der Waals surface area contributed by atoms with Crippen molar-refractivity contribution >= 4 is 23.2 Å². The summed E-state index contributed by atoms with van der Waals surface area (Å²) in [6.07, 6.45) is 12.0.